The lowest BCUT2D eigenvalue weighted by Crippen LogP contribution is -2.37. The highest BCUT2D eigenvalue weighted by atomic mass is 16.5. The van der Waals surface area contributed by atoms with Crippen LogP contribution in [0.25, 0.3) is 11.3 Å². The number of aliphatic imine (C=N–C) groups is 1. The Morgan fingerprint density at radius 2 is 1.79 bits per heavy atom. The largest absolute Gasteiger partial charge is 0.493 e. The zero-order valence-electron chi connectivity index (χ0n) is 16.9. The summed E-state index contributed by atoms with van der Waals surface area (Å²) in [5.41, 5.74) is 2.96. The molecule has 1 heterocycles. The van der Waals surface area contributed by atoms with Crippen molar-refractivity contribution in [1.82, 2.24) is 15.8 Å². The van der Waals surface area contributed by atoms with E-state index in [-0.39, 0.29) is 0 Å². The topological polar surface area (TPSA) is 80.9 Å². The number of guanidine groups is 1. The second-order valence-corrected chi connectivity index (χ2v) is 6.34. The fraction of sp³-hybridized carbons (Fsp3) is 0.273. The smallest absolute Gasteiger partial charge is 0.191 e. The van der Waals surface area contributed by atoms with E-state index in [9.17, 15) is 0 Å². The van der Waals surface area contributed by atoms with Crippen LogP contribution < -0.4 is 20.1 Å². The van der Waals surface area contributed by atoms with Gasteiger partial charge in [-0.15, -0.1) is 0 Å². The van der Waals surface area contributed by atoms with E-state index in [1.165, 1.54) is 0 Å². The minimum atomic E-state index is 0.520. The third kappa shape index (κ3) is 5.51. The van der Waals surface area contributed by atoms with Crippen molar-refractivity contribution in [3.63, 3.8) is 0 Å². The quantitative estimate of drug-likeness (QED) is 0.451. The van der Waals surface area contributed by atoms with Crippen LogP contribution in [-0.2, 0) is 13.0 Å². The highest BCUT2D eigenvalue weighted by molar-refractivity contribution is 5.79. The Balaban J connectivity index is 1.48. The predicted octanol–water partition coefficient (Wildman–Crippen LogP) is 3.27. The van der Waals surface area contributed by atoms with Crippen molar-refractivity contribution in [3.8, 4) is 22.8 Å². The number of methoxy groups -OCH3 is 2. The van der Waals surface area contributed by atoms with Crippen molar-refractivity contribution in [3.05, 3.63) is 65.9 Å². The molecule has 152 valence electrons. The standard InChI is InChI=1S/C22H26N4O3/c1-23-22(24-12-11-16-9-10-19(27-2)21(13-16)28-3)25-15-18-14-20(29-26-18)17-7-5-4-6-8-17/h4-10,13-14H,11-12,15H2,1-3H3,(H2,23,24,25). The Labute approximate surface area is 170 Å². The van der Waals surface area contributed by atoms with Gasteiger partial charge >= 0.3 is 0 Å². The van der Waals surface area contributed by atoms with Gasteiger partial charge in [0.2, 0.25) is 0 Å². The van der Waals surface area contributed by atoms with Gasteiger partial charge in [-0.1, -0.05) is 41.6 Å². The van der Waals surface area contributed by atoms with Crippen LogP contribution in [0, 0.1) is 0 Å². The average Bonchev–Trinajstić information content (AvgIpc) is 3.25. The SMILES string of the molecule is CN=C(NCCc1ccc(OC)c(OC)c1)NCc1cc(-c2ccccc2)on1. The van der Waals surface area contributed by atoms with Gasteiger partial charge in [-0.05, 0) is 24.1 Å². The lowest BCUT2D eigenvalue weighted by molar-refractivity contribution is 0.354. The number of hydrogen-bond donors (Lipinski definition) is 2. The van der Waals surface area contributed by atoms with Crippen molar-refractivity contribution in [2.24, 2.45) is 4.99 Å². The molecule has 0 saturated carbocycles. The van der Waals surface area contributed by atoms with Gasteiger partial charge < -0.3 is 24.6 Å². The van der Waals surface area contributed by atoms with Crippen LogP contribution in [0.4, 0.5) is 0 Å². The number of nitrogens with one attached hydrogen (secondary N) is 2. The van der Waals surface area contributed by atoms with Gasteiger partial charge in [0.15, 0.2) is 23.2 Å². The summed E-state index contributed by atoms with van der Waals surface area (Å²) in [5, 5.41) is 10.7. The number of ether oxygens (including phenoxy) is 2. The van der Waals surface area contributed by atoms with Crippen LogP contribution in [0.1, 0.15) is 11.3 Å². The molecular weight excluding hydrogens is 368 g/mol. The van der Waals surface area contributed by atoms with Gasteiger partial charge in [0, 0.05) is 25.2 Å². The van der Waals surface area contributed by atoms with Crippen LogP contribution in [0.5, 0.6) is 11.5 Å². The molecule has 0 aliphatic heterocycles. The van der Waals surface area contributed by atoms with Crippen molar-refractivity contribution in [2.75, 3.05) is 27.8 Å². The molecular formula is C22H26N4O3. The van der Waals surface area contributed by atoms with Gasteiger partial charge in [0.25, 0.3) is 0 Å². The molecule has 0 saturated heterocycles. The predicted molar refractivity (Wildman–Crippen MR) is 113 cm³/mol. The lowest BCUT2D eigenvalue weighted by Gasteiger charge is -2.12. The molecule has 0 aliphatic carbocycles. The van der Waals surface area contributed by atoms with E-state index in [4.69, 9.17) is 14.0 Å². The molecule has 3 aromatic rings. The van der Waals surface area contributed by atoms with Crippen LogP contribution in [-0.4, -0.2) is 38.9 Å². The Morgan fingerprint density at radius 3 is 2.52 bits per heavy atom. The molecule has 29 heavy (non-hydrogen) atoms. The zero-order valence-corrected chi connectivity index (χ0v) is 16.9. The molecule has 0 bridgehead atoms. The van der Waals surface area contributed by atoms with Gasteiger partial charge in [-0.25, -0.2) is 0 Å². The first-order valence-electron chi connectivity index (χ1n) is 9.40. The third-order valence-electron chi connectivity index (χ3n) is 4.43. The molecule has 0 spiro atoms. The number of benzene rings is 2. The molecule has 2 N–H and O–H groups in total. The maximum absolute atomic E-state index is 5.42. The van der Waals surface area contributed by atoms with Gasteiger partial charge in [-0.3, -0.25) is 4.99 Å². The highest BCUT2D eigenvalue weighted by Crippen LogP contribution is 2.27. The van der Waals surface area contributed by atoms with Gasteiger partial charge in [-0.2, -0.15) is 0 Å². The van der Waals surface area contributed by atoms with Crippen LogP contribution in [0.2, 0.25) is 0 Å². The Hall–Kier alpha value is -3.48. The first-order valence-corrected chi connectivity index (χ1v) is 9.40. The molecule has 1 aromatic heterocycles. The Morgan fingerprint density at radius 1 is 1.00 bits per heavy atom. The van der Waals surface area contributed by atoms with E-state index < -0.39 is 0 Å². The van der Waals surface area contributed by atoms with E-state index >= 15 is 0 Å². The van der Waals surface area contributed by atoms with Crippen LogP contribution in [0.3, 0.4) is 0 Å². The van der Waals surface area contributed by atoms with Crippen molar-refractivity contribution < 1.29 is 14.0 Å². The normalized spacial score (nSPS) is 11.2. The summed E-state index contributed by atoms with van der Waals surface area (Å²) in [5.74, 6) is 2.91. The number of rotatable bonds is 8. The second-order valence-electron chi connectivity index (χ2n) is 6.34. The zero-order chi connectivity index (χ0) is 20.5. The van der Waals surface area contributed by atoms with E-state index in [1.807, 2.05) is 54.6 Å². The molecule has 2 aromatic carbocycles. The molecule has 3 rings (SSSR count). The fourth-order valence-corrected chi connectivity index (χ4v) is 2.89. The van der Waals surface area contributed by atoms with Crippen LogP contribution in [0.15, 0.2) is 64.1 Å². The van der Waals surface area contributed by atoms with E-state index in [1.54, 1.807) is 21.3 Å². The second kappa shape index (κ2) is 10.2. The first-order chi connectivity index (χ1) is 14.2. The summed E-state index contributed by atoms with van der Waals surface area (Å²) in [6.45, 7) is 1.25. The molecule has 7 nitrogen and oxygen atoms in total. The summed E-state index contributed by atoms with van der Waals surface area (Å²) in [7, 11) is 5.01. The lowest BCUT2D eigenvalue weighted by atomic mass is 10.1. The van der Waals surface area contributed by atoms with Crippen molar-refractivity contribution in [1.29, 1.82) is 0 Å². The summed E-state index contributed by atoms with van der Waals surface area (Å²) >= 11 is 0. The number of aromatic nitrogens is 1. The average molecular weight is 394 g/mol. The highest BCUT2D eigenvalue weighted by Gasteiger charge is 2.08. The van der Waals surface area contributed by atoms with E-state index in [0.29, 0.717) is 12.5 Å². The maximum atomic E-state index is 5.42. The molecule has 0 radical (unpaired) electrons. The minimum absolute atomic E-state index is 0.520. The summed E-state index contributed by atoms with van der Waals surface area (Å²) in [4.78, 5) is 4.25. The molecule has 0 amide bonds. The van der Waals surface area contributed by atoms with Crippen molar-refractivity contribution in [2.45, 2.75) is 13.0 Å². The third-order valence-corrected chi connectivity index (χ3v) is 4.43. The van der Waals surface area contributed by atoms with E-state index in [0.717, 1.165) is 47.0 Å². The molecule has 7 heteroatoms. The monoisotopic (exact) mass is 394 g/mol. The Bertz CT molecular complexity index is 938. The molecule has 0 atom stereocenters. The number of nitrogens with zero attached hydrogens (tertiary/aromatic N) is 2. The summed E-state index contributed by atoms with van der Waals surface area (Å²) in [6, 6.07) is 17.8. The molecule has 0 aliphatic rings. The summed E-state index contributed by atoms with van der Waals surface area (Å²) < 4.78 is 16.0. The number of hydrogen-bond acceptors (Lipinski definition) is 5. The Kier molecular flexibility index (Phi) is 7.10. The van der Waals surface area contributed by atoms with Crippen molar-refractivity contribution >= 4 is 5.96 Å². The fourth-order valence-electron chi connectivity index (χ4n) is 2.89. The maximum Gasteiger partial charge on any atom is 0.191 e. The van der Waals surface area contributed by atoms with Gasteiger partial charge in [0.05, 0.1) is 20.8 Å². The van der Waals surface area contributed by atoms with Crippen LogP contribution >= 0.6 is 0 Å². The summed E-state index contributed by atoms with van der Waals surface area (Å²) in [6.07, 6.45) is 0.823. The molecule has 0 unspecified atom stereocenters. The van der Waals surface area contributed by atoms with Gasteiger partial charge in [0.1, 0.15) is 5.69 Å². The first kappa shape index (κ1) is 20.3. The molecule has 0 fully saturated rings. The minimum Gasteiger partial charge on any atom is -0.493 e. The van der Waals surface area contributed by atoms with E-state index in [2.05, 4.69) is 20.8 Å².